The molecule has 0 saturated carbocycles. The van der Waals surface area contributed by atoms with Gasteiger partial charge in [-0.2, -0.15) is 0 Å². The molecule has 4 aromatic rings. The Morgan fingerprint density at radius 3 is 1.24 bits per heavy atom. The van der Waals surface area contributed by atoms with Crippen LogP contribution in [0.25, 0.3) is 0 Å². The molecule has 0 bridgehead atoms. The van der Waals surface area contributed by atoms with Crippen molar-refractivity contribution in [3.05, 3.63) is 103 Å². The van der Waals surface area contributed by atoms with Gasteiger partial charge in [-0.3, -0.25) is 47.9 Å². The standard InChI is InChI=1S/C56H54Cl2F2N2O24/c1-27-10-11-40(61(19-44(69)80-23-76-28(2)63)20-45(70)81-24-77-29(3)64)42(14-27)74-12-13-75-43-18-35-34(15-41(43)62(21-46(71)82-25-78-30(4)65)22-47(72)83-26-79-31(5)66)54(73)86-56(35)36-16-38(57)52(84-32(6)67)50(59)48(36)55(8,9)49-37(56)17-39(58)53(51(49)60)85-33(7)68/h10-11,14-18H,12-13,19-26H2,1-9H3. The minimum absolute atomic E-state index is 0.00827. The van der Waals surface area contributed by atoms with E-state index in [2.05, 4.69) is 0 Å². The Morgan fingerprint density at radius 1 is 0.500 bits per heavy atom. The summed E-state index contributed by atoms with van der Waals surface area (Å²) in [7, 11) is 0. The number of carbonyl (C=O) groups is 11. The van der Waals surface area contributed by atoms with Crippen molar-refractivity contribution in [3.63, 3.8) is 0 Å². The SMILES string of the molecule is CC(=O)OCOC(=O)CN(CC(=O)OCOC(C)=O)c1ccc(C)cc1OCCOc1cc2c(cc1N(CC(=O)OCOC(C)=O)CC(=O)OCOC(C)=O)C(=O)OC21c2cc(Cl)c(OC(C)=O)c(F)c2C(C)(C)c2c1cc(Cl)c(OC(C)=O)c2F. The molecule has 1 heterocycles. The summed E-state index contributed by atoms with van der Waals surface area (Å²) < 4.78 is 103. The fourth-order valence-electron chi connectivity index (χ4n) is 9.04. The molecule has 1 aliphatic heterocycles. The monoisotopic (exact) mass is 1250 g/mol. The maximum Gasteiger partial charge on any atom is 0.340 e. The number of ether oxygens (including phenoxy) is 13. The molecule has 0 aromatic heterocycles. The van der Waals surface area contributed by atoms with Crippen molar-refractivity contribution >= 4 is 100 Å². The largest absolute Gasteiger partial charge is 0.488 e. The number of hydrogen-bond donors (Lipinski definition) is 0. The minimum atomic E-state index is -2.52. The summed E-state index contributed by atoms with van der Waals surface area (Å²) in [5.74, 6) is -15.3. The van der Waals surface area contributed by atoms with Crippen LogP contribution >= 0.6 is 23.2 Å². The van der Waals surface area contributed by atoms with Crippen LogP contribution in [0.4, 0.5) is 20.2 Å². The zero-order valence-electron chi connectivity index (χ0n) is 47.3. The van der Waals surface area contributed by atoms with Gasteiger partial charge in [-0.1, -0.05) is 43.1 Å². The molecule has 0 N–H and O–H groups in total. The van der Waals surface area contributed by atoms with Crippen molar-refractivity contribution in [1.29, 1.82) is 0 Å². The predicted molar refractivity (Wildman–Crippen MR) is 287 cm³/mol. The number of rotatable bonds is 25. The number of nitrogens with zero attached hydrogens (tertiary/aromatic N) is 2. The van der Waals surface area contributed by atoms with E-state index in [1.54, 1.807) is 13.0 Å². The van der Waals surface area contributed by atoms with Gasteiger partial charge in [0.25, 0.3) is 0 Å². The second kappa shape index (κ2) is 28.1. The first kappa shape index (κ1) is 65.8. The van der Waals surface area contributed by atoms with Crippen LogP contribution in [0.15, 0.2) is 42.5 Å². The van der Waals surface area contributed by atoms with E-state index in [0.29, 0.717) is 5.56 Å². The van der Waals surface area contributed by atoms with Crippen molar-refractivity contribution < 1.29 is 123 Å². The van der Waals surface area contributed by atoms with Crippen LogP contribution in [0.5, 0.6) is 23.0 Å². The Balaban J connectivity index is 1.55. The number of halogens is 4. The molecular formula is C56H54Cl2F2N2O24. The minimum Gasteiger partial charge on any atom is -0.488 e. The van der Waals surface area contributed by atoms with Gasteiger partial charge in [-0.25, -0.2) is 13.6 Å². The van der Waals surface area contributed by atoms with Crippen LogP contribution in [-0.2, 0) is 102 Å². The number of aryl methyl sites for hydroxylation is 1. The Kier molecular flexibility index (Phi) is 21.5. The first-order chi connectivity index (χ1) is 40.5. The molecule has 30 heteroatoms. The van der Waals surface area contributed by atoms with Crippen LogP contribution in [-0.4, -0.2) is 132 Å². The van der Waals surface area contributed by atoms with Gasteiger partial charge in [0.2, 0.25) is 27.2 Å². The van der Waals surface area contributed by atoms with E-state index in [-0.39, 0.29) is 39.6 Å². The summed E-state index contributed by atoms with van der Waals surface area (Å²) in [4.78, 5) is 141. The molecule has 0 fully saturated rings. The third kappa shape index (κ3) is 15.5. The number of fused-ring (bicyclic) bond motifs is 6. The molecule has 1 spiro atoms. The highest BCUT2D eigenvalue weighted by molar-refractivity contribution is 6.33. The van der Waals surface area contributed by atoms with Crippen LogP contribution in [0.3, 0.4) is 0 Å². The van der Waals surface area contributed by atoms with E-state index < -0.39 is 193 Å². The molecule has 6 rings (SSSR count). The highest BCUT2D eigenvalue weighted by Gasteiger charge is 2.59. The Bertz CT molecular complexity index is 3270. The summed E-state index contributed by atoms with van der Waals surface area (Å²) >= 11 is 13.4. The average Bonchev–Trinajstić information content (AvgIpc) is 1.25. The van der Waals surface area contributed by atoms with Crippen LogP contribution in [0.2, 0.25) is 10.0 Å². The maximum absolute atomic E-state index is 17.5. The Labute approximate surface area is 497 Å². The second-order valence-corrected chi connectivity index (χ2v) is 19.9. The topological polar surface area (TPSA) is 314 Å². The van der Waals surface area contributed by atoms with Gasteiger partial charge in [0.05, 0.1) is 27.0 Å². The number of esters is 11. The van der Waals surface area contributed by atoms with Gasteiger partial charge in [0.1, 0.15) is 50.9 Å². The highest BCUT2D eigenvalue weighted by atomic mass is 35.5. The van der Waals surface area contributed by atoms with Crippen molar-refractivity contribution in [2.24, 2.45) is 0 Å². The van der Waals surface area contributed by atoms with Gasteiger partial charge >= 0.3 is 65.7 Å². The van der Waals surface area contributed by atoms with Gasteiger partial charge in [-0.15, -0.1) is 0 Å². The van der Waals surface area contributed by atoms with E-state index in [1.165, 1.54) is 26.0 Å². The van der Waals surface area contributed by atoms with Gasteiger partial charge in [0.15, 0.2) is 28.7 Å². The van der Waals surface area contributed by atoms with Gasteiger partial charge in [0, 0.05) is 74.8 Å². The van der Waals surface area contributed by atoms with Gasteiger partial charge in [-0.05, 0) is 48.9 Å². The Morgan fingerprint density at radius 2 is 0.872 bits per heavy atom. The predicted octanol–water partition coefficient (Wildman–Crippen LogP) is 5.86. The van der Waals surface area contributed by atoms with Crippen molar-refractivity contribution in [2.45, 2.75) is 73.3 Å². The number of hydrogen-bond acceptors (Lipinski definition) is 26. The van der Waals surface area contributed by atoms with E-state index >= 15 is 8.78 Å². The van der Waals surface area contributed by atoms with Crippen molar-refractivity contribution in [1.82, 2.24) is 0 Å². The van der Waals surface area contributed by atoms with Crippen molar-refractivity contribution in [3.8, 4) is 23.0 Å². The maximum atomic E-state index is 17.5. The zero-order chi connectivity index (χ0) is 63.5. The summed E-state index contributed by atoms with van der Waals surface area (Å²) in [5.41, 5.74) is -6.20. The molecule has 86 heavy (non-hydrogen) atoms. The molecule has 0 radical (unpaired) electrons. The molecule has 460 valence electrons. The van der Waals surface area contributed by atoms with Gasteiger partial charge < -0.3 is 71.4 Å². The van der Waals surface area contributed by atoms with Crippen molar-refractivity contribution in [2.75, 3.05) is 76.4 Å². The lowest BCUT2D eigenvalue weighted by Crippen LogP contribution is -2.43. The number of benzene rings is 4. The highest BCUT2D eigenvalue weighted by Crippen LogP contribution is 2.61. The summed E-state index contributed by atoms with van der Waals surface area (Å²) in [6, 6.07) is 9.03. The van der Waals surface area contributed by atoms with Crippen LogP contribution in [0.1, 0.15) is 99.1 Å². The summed E-state index contributed by atoms with van der Waals surface area (Å²) in [6.07, 6.45) is 0. The summed E-state index contributed by atoms with van der Waals surface area (Å²) in [5, 5.41) is -1.07. The number of anilines is 2. The van der Waals surface area contributed by atoms with E-state index in [9.17, 15) is 52.7 Å². The third-order valence-electron chi connectivity index (χ3n) is 12.4. The third-order valence-corrected chi connectivity index (χ3v) is 13.0. The normalized spacial score (nSPS) is 12.8. The molecule has 1 aliphatic carbocycles. The first-order valence-electron chi connectivity index (χ1n) is 25.3. The average molecular weight is 1250 g/mol. The smallest absolute Gasteiger partial charge is 0.340 e. The first-order valence-corrected chi connectivity index (χ1v) is 26.1. The molecule has 26 nitrogen and oxygen atoms in total. The fraction of sp³-hybridized carbons (Fsp3) is 0.375. The molecule has 0 amide bonds. The Hall–Kier alpha value is -9.31. The second-order valence-electron chi connectivity index (χ2n) is 19.1. The van der Waals surface area contributed by atoms with Crippen LogP contribution < -0.4 is 28.7 Å². The molecule has 4 aromatic carbocycles. The molecular weight excluding hydrogens is 1190 g/mol. The molecule has 0 saturated heterocycles. The van der Waals surface area contributed by atoms with Crippen LogP contribution in [0, 0.1) is 18.6 Å². The van der Waals surface area contributed by atoms with E-state index in [1.807, 2.05) is 0 Å². The molecule has 0 unspecified atom stereocenters. The number of carbonyl (C=O) groups excluding carboxylic acids is 11. The van der Waals surface area contributed by atoms with E-state index in [0.717, 1.165) is 75.6 Å². The fourth-order valence-corrected chi connectivity index (χ4v) is 9.50. The lowest BCUT2D eigenvalue weighted by atomic mass is 9.61. The molecule has 0 atom stereocenters. The molecule has 2 aliphatic rings. The quantitative estimate of drug-likeness (QED) is 0.0247. The lowest BCUT2D eigenvalue weighted by Gasteiger charge is -2.45. The summed E-state index contributed by atoms with van der Waals surface area (Å²) in [6.45, 7) is 2.96. The zero-order valence-corrected chi connectivity index (χ0v) is 48.8. The van der Waals surface area contributed by atoms with E-state index in [4.69, 9.17) is 84.8 Å². The lowest BCUT2D eigenvalue weighted by molar-refractivity contribution is -0.167.